The number of amides is 1. The Morgan fingerprint density at radius 2 is 1.82 bits per heavy atom. The van der Waals surface area contributed by atoms with Gasteiger partial charge in [0.25, 0.3) is 5.91 Å². The number of ether oxygens (including phenoxy) is 2. The van der Waals surface area contributed by atoms with E-state index in [0.29, 0.717) is 47.7 Å². The summed E-state index contributed by atoms with van der Waals surface area (Å²) in [6.07, 6.45) is 7.71. The van der Waals surface area contributed by atoms with Gasteiger partial charge >= 0.3 is 0 Å². The third kappa shape index (κ3) is 6.28. The van der Waals surface area contributed by atoms with E-state index in [2.05, 4.69) is 4.98 Å². The lowest BCUT2D eigenvalue weighted by Crippen LogP contribution is -2.47. The van der Waals surface area contributed by atoms with Crippen molar-refractivity contribution < 1.29 is 14.3 Å². The van der Waals surface area contributed by atoms with Crippen LogP contribution in [0.3, 0.4) is 0 Å². The van der Waals surface area contributed by atoms with Crippen molar-refractivity contribution in [1.29, 1.82) is 0 Å². The molecule has 2 aromatic heterocycles. The second-order valence-corrected chi connectivity index (χ2v) is 10.3. The number of carbonyl (C=O) groups is 1. The lowest BCUT2D eigenvalue weighted by Gasteiger charge is -2.32. The molecule has 0 spiro atoms. The molecule has 40 heavy (non-hydrogen) atoms. The Morgan fingerprint density at radius 1 is 1.07 bits per heavy atom. The fraction of sp³-hybridized carbons (Fsp3) is 0.355. The van der Waals surface area contributed by atoms with Crippen LogP contribution in [-0.4, -0.2) is 56.4 Å². The second kappa shape index (κ2) is 13.0. The number of methoxy groups -OCH3 is 1. The van der Waals surface area contributed by atoms with E-state index in [4.69, 9.17) is 31.2 Å². The number of hydrogen-bond donors (Lipinski definition) is 0. The van der Waals surface area contributed by atoms with E-state index in [1.54, 1.807) is 19.5 Å². The summed E-state index contributed by atoms with van der Waals surface area (Å²) in [4.78, 5) is 24.9. The molecule has 208 valence electrons. The molecule has 4 aromatic rings. The van der Waals surface area contributed by atoms with Crippen molar-refractivity contribution >= 4 is 17.5 Å². The molecule has 2 heterocycles. The Hall–Kier alpha value is -3.91. The molecule has 8 nitrogen and oxygen atoms in total. The van der Waals surface area contributed by atoms with Crippen LogP contribution < -0.4 is 9.47 Å². The average Bonchev–Trinajstić information content (AvgIpc) is 3.68. The minimum absolute atomic E-state index is 0.0155. The molecule has 5 rings (SSSR count). The number of hydrogen-bond acceptors (Lipinski definition) is 6. The van der Waals surface area contributed by atoms with Gasteiger partial charge in [0.2, 0.25) is 0 Å². The van der Waals surface area contributed by atoms with Crippen molar-refractivity contribution in [1.82, 2.24) is 24.6 Å². The number of halogens is 1. The highest BCUT2D eigenvalue weighted by atomic mass is 35.5. The summed E-state index contributed by atoms with van der Waals surface area (Å²) >= 11 is 6.47. The smallest absolute Gasteiger partial charge is 0.263 e. The van der Waals surface area contributed by atoms with E-state index in [1.165, 1.54) is 0 Å². The van der Waals surface area contributed by atoms with Crippen molar-refractivity contribution in [2.24, 2.45) is 0 Å². The number of rotatable bonds is 11. The Labute approximate surface area is 239 Å². The first-order valence-corrected chi connectivity index (χ1v) is 14.2. The highest BCUT2D eigenvalue weighted by molar-refractivity contribution is 6.32. The average molecular weight is 560 g/mol. The molecule has 0 radical (unpaired) electrons. The summed E-state index contributed by atoms with van der Waals surface area (Å²) in [7, 11) is 1.59. The van der Waals surface area contributed by atoms with Crippen LogP contribution in [0.1, 0.15) is 39.0 Å². The molecule has 1 fully saturated rings. The summed E-state index contributed by atoms with van der Waals surface area (Å²) < 4.78 is 13.4. The van der Waals surface area contributed by atoms with Crippen LogP contribution in [0.25, 0.3) is 22.8 Å². The van der Waals surface area contributed by atoms with Crippen LogP contribution in [0.2, 0.25) is 5.02 Å². The zero-order valence-electron chi connectivity index (χ0n) is 22.9. The van der Waals surface area contributed by atoms with Crippen LogP contribution in [0, 0.1) is 0 Å². The molecular weight excluding hydrogens is 526 g/mol. The summed E-state index contributed by atoms with van der Waals surface area (Å²) in [5.41, 5.74) is 1.68. The Kier molecular flexibility index (Phi) is 8.96. The molecule has 1 amide bonds. The minimum Gasteiger partial charge on any atom is -0.495 e. The normalized spacial score (nSPS) is 14.2. The topological polar surface area (TPSA) is 82.4 Å². The molecule has 0 bridgehead atoms. The highest BCUT2D eigenvalue weighted by Gasteiger charge is 2.32. The van der Waals surface area contributed by atoms with Gasteiger partial charge in [-0.15, -0.1) is 0 Å². The van der Waals surface area contributed by atoms with E-state index in [-0.39, 0.29) is 11.9 Å². The van der Waals surface area contributed by atoms with Crippen molar-refractivity contribution in [2.45, 2.75) is 57.7 Å². The number of benzene rings is 2. The third-order valence-corrected chi connectivity index (χ3v) is 7.58. The van der Waals surface area contributed by atoms with Crippen LogP contribution in [0.5, 0.6) is 11.5 Å². The van der Waals surface area contributed by atoms with E-state index in [9.17, 15) is 4.79 Å². The maximum atomic E-state index is 13.9. The lowest BCUT2D eigenvalue weighted by atomic mass is 10.1. The summed E-state index contributed by atoms with van der Waals surface area (Å²) in [6, 6.07) is 19.1. The molecule has 9 heteroatoms. The predicted molar refractivity (Wildman–Crippen MR) is 155 cm³/mol. The summed E-state index contributed by atoms with van der Waals surface area (Å²) in [5, 5.41) is 5.35. The van der Waals surface area contributed by atoms with Crippen LogP contribution >= 0.6 is 11.6 Å². The molecule has 0 saturated heterocycles. The molecule has 0 N–H and O–H groups in total. The van der Waals surface area contributed by atoms with Gasteiger partial charge in [-0.25, -0.2) is 9.67 Å². The Bertz CT molecular complexity index is 1410. The van der Waals surface area contributed by atoms with Gasteiger partial charge in [0.1, 0.15) is 11.5 Å². The zero-order valence-corrected chi connectivity index (χ0v) is 23.6. The van der Waals surface area contributed by atoms with Gasteiger partial charge in [-0.05, 0) is 61.7 Å². The maximum Gasteiger partial charge on any atom is 0.263 e. The first-order valence-electron chi connectivity index (χ1n) is 13.8. The largest absolute Gasteiger partial charge is 0.495 e. The number of nitrogens with zero attached hydrogens (tertiary/aromatic N) is 5. The molecule has 2 aromatic carbocycles. The number of para-hydroxylation sites is 1. The molecular formula is C31H34ClN5O3. The number of carbonyl (C=O) groups excluding carboxylic acids is 1. The van der Waals surface area contributed by atoms with Crippen molar-refractivity contribution in [3.05, 3.63) is 78.1 Å². The van der Waals surface area contributed by atoms with E-state index in [0.717, 1.165) is 36.8 Å². The van der Waals surface area contributed by atoms with Gasteiger partial charge in [-0.1, -0.05) is 49.6 Å². The molecule has 1 aliphatic carbocycles. The third-order valence-electron chi connectivity index (χ3n) is 7.29. The minimum atomic E-state index is -0.550. The van der Waals surface area contributed by atoms with Gasteiger partial charge in [0, 0.05) is 36.1 Å². The van der Waals surface area contributed by atoms with Crippen molar-refractivity contribution in [3.63, 3.8) is 0 Å². The zero-order chi connectivity index (χ0) is 27.9. The predicted octanol–water partition coefficient (Wildman–Crippen LogP) is 6.30. The molecule has 0 aliphatic heterocycles. The monoisotopic (exact) mass is 559 g/mol. The second-order valence-electron chi connectivity index (χ2n) is 9.87. The summed E-state index contributed by atoms with van der Waals surface area (Å²) in [5.74, 6) is 2.56. The van der Waals surface area contributed by atoms with Crippen molar-refractivity contribution in [2.75, 3.05) is 13.7 Å². The standard InChI is InChI=1S/C31H34ClN5O3/c1-3-27(40-25-11-5-4-6-12-25)31(38)36(24-9-7-8-10-24)19-20-37-30(23-13-14-28(39-2)26(32)21-23)34-29(35-37)22-15-17-33-18-16-22/h4-6,11-18,21,24,27H,3,7-10,19-20H2,1-2H3. The van der Waals surface area contributed by atoms with Gasteiger partial charge in [-0.2, -0.15) is 5.10 Å². The molecule has 1 atom stereocenters. The van der Waals surface area contributed by atoms with Crippen LogP contribution in [-0.2, 0) is 11.3 Å². The highest BCUT2D eigenvalue weighted by Crippen LogP contribution is 2.31. The molecule has 1 saturated carbocycles. The van der Waals surface area contributed by atoms with Crippen LogP contribution in [0.15, 0.2) is 73.1 Å². The van der Waals surface area contributed by atoms with Gasteiger partial charge in [0.05, 0.1) is 18.7 Å². The first-order chi connectivity index (χ1) is 19.6. The number of pyridine rings is 1. The van der Waals surface area contributed by atoms with Crippen LogP contribution in [0.4, 0.5) is 0 Å². The lowest BCUT2D eigenvalue weighted by molar-refractivity contribution is -0.141. The van der Waals surface area contributed by atoms with E-state index >= 15 is 0 Å². The van der Waals surface area contributed by atoms with Gasteiger partial charge in [-0.3, -0.25) is 9.78 Å². The summed E-state index contributed by atoms with van der Waals surface area (Å²) in [6.45, 7) is 2.96. The van der Waals surface area contributed by atoms with Crippen molar-refractivity contribution in [3.8, 4) is 34.3 Å². The Morgan fingerprint density at radius 3 is 2.50 bits per heavy atom. The Balaban J connectivity index is 1.44. The molecule has 1 unspecified atom stereocenters. The molecule has 1 aliphatic rings. The maximum absolute atomic E-state index is 13.9. The van der Waals surface area contributed by atoms with Gasteiger partial charge in [0.15, 0.2) is 17.8 Å². The van der Waals surface area contributed by atoms with E-state index < -0.39 is 6.10 Å². The quantitative estimate of drug-likeness (QED) is 0.214. The van der Waals surface area contributed by atoms with E-state index in [1.807, 2.05) is 77.2 Å². The first kappa shape index (κ1) is 27.6. The fourth-order valence-electron chi connectivity index (χ4n) is 5.19. The SMILES string of the molecule is CCC(Oc1ccccc1)C(=O)N(CCn1nc(-c2ccncc2)nc1-c1ccc(OC)c(Cl)c1)C1CCCC1. The fourth-order valence-corrected chi connectivity index (χ4v) is 5.45. The number of aromatic nitrogens is 4. The van der Waals surface area contributed by atoms with Gasteiger partial charge < -0.3 is 14.4 Å².